The van der Waals surface area contributed by atoms with Gasteiger partial charge in [0.2, 0.25) is 12.2 Å². The Morgan fingerprint density at radius 2 is 1.61 bits per heavy atom. The number of isocyanates is 2. The van der Waals surface area contributed by atoms with Crippen molar-refractivity contribution in [1.82, 2.24) is 0 Å². The first-order valence-electron chi connectivity index (χ1n) is 5.81. The van der Waals surface area contributed by atoms with Crippen LogP contribution in [-0.2, 0) is 22.6 Å². The lowest BCUT2D eigenvalue weighted by atomic mass is 9.90. The Morgan fingerprint density at radius 3 is 2.11 bits per heavy atom. The summed E-state index contributed by atoms with van der Waals surface area (Å²) >= 11 is 0. The van der Waals surface area contributed by atoms with Crippen molar-refractivity contribution < 1.29 is 9.59 Å². The predicted octanol–water partition coefficient (Wildman–Crippen LogP) is 2.98. The zero-order chi connectivity index (χ0) is 13.7. The van der Waals surface area contributed by atoms with Crippen LogP contribution in [0.1, 0.15) is 34.7 Å². The Bertz CT molecular complexity index is 564. The van der Waals surface area contributed by atoms with Gasteiger partial charge in [-0.25, -0.2) is 14.6 Å². The third kappa shape index (κ3) is 2.45. The van der Waals surface area contributed by atoms with Crippen LogP contribution in [0.25, 0.3) is 0 Å². The maximum Gasteiger partial charge on any atom is 0.240 e. The fraction of sp³-hybridized carbons (Fsp3) is 0.429. The molecule has 0 N–H and O–H groups in total. The second kappa shape index (κ2) is 6.06. The van der Waals surface area contributed by atoms with Crippen LogP contribution in [-0.4, -0.2) is 12.2 Å². The van der Waals surface area contributed by atoms with E-state index in [2.05, 4.69) is 9.98 Å². The summed E-state index contributed by atoms with van der Waals surface area (Å²) in [5, 5.41) is 0. The molecule has 18 heavy (non-hydrogen) atoms. The van der Waals surface area contributed by atoms with Crippen LogP contribution in [0.5, 0.6) is 0 Å². The second-order valence-corrected chi connectivity index (χ2v) is 4.14. The molecule has 0 fully saturated rings. The molecule has 94 valence electrons. The summed E-state index contributed by atoms with van der Waals surface area (Å²) in [7, 11) is 0. The Morgan fingerprint density at radius 1 is 0.944 bits per heavy atom. The van der Waals surface area contributed by atoms with E-state index in [1.54, 1.807) is 6.08 Å². The Labute approximate surface area is 106 Å². The summed E-state index contributed by atoms with van der Waals surface area (Å²) in [6.45, 7) is 8.17. The van der Waals surface area contributed by atoms with Gasteiger partial charge in [-0.05, 0) is 49.4 Å². The van der Waals surface area contributed by atoms with Crippen LogP contribution in [0.3, 0.4) is 0 Å². The number of rotatable bonds is 4. The van der Waals surface area contributed by atoms with Crippen LogP contribution in [0, 0.1) is 20.8 Å². The van der Waals surface area contributed by atoms with Crippen LogP contribution in [0.2, 0.25) is 0 Å². The van der Waals surface area contributed by atoms with Crippen LogP contribution in [0.15, 0.2) is 9.98 Å². The third-order valence-corrected chi connectivity index (χ3v) is 3.40. The first-order valence-corrected chi connectivity index (χ1v) is 5.81. The quantitative estimate of drug-likeness (QED) is 0.604. The molecule has 0 radical (unpaired) electrons. The van der Waals surface area contributed by atoms with Crippen LogP contribution in [0.4, 0.5) is 5.69 Å². The van der Waals surface area contributed by atoms with Crippen molar-refractivity contribution >= 4 is 17.8 Å². The third-order valence-electron chi connectivity index (χ3n) is 3.40. The van der Waals surface area contributed by atoms with Gasteiger partial charge in [0, 0.05) is 5.56 Å². The van der Waals surface area contributed by atoms with Gasteiger partial charge in [0.1, 0.15) is 0 Å². The highest BCUT2D eigenvalue weighted by Gasteiger charge is 2.16. The summed E-state index contributed by atoms with van der Waals surface area (Å²) in [4.78, 5) is 28.2. The van der Waals surface area contributed by atoms with Gasteiger partial charge < -0.3 is 0 Å². The monoisotopic (exact) mass is 244 g/mol. The van der Waals surface area contributed by atoms with Crippen molar-refractivity contribution in [2.75, 3.05) is 0 Å². The minimum atomic E-state index is 0.204. The van der Waals surface area contributed by atoms with E-state index in [1.165, 1.54) is 6.08 Å². The zero-order valence-corrected chi connectivity index (χ0v) is 11.1. The number of benzene rings is 1. The number of hydrogen-bond acceptors (Lipinski definition) is 4. The molecule has 0 saturated heterocycles. The molecule has 1 aromatic carbocycles. The molecule has 0 aliphatic rings. The number of aliphatic imine (C=N–C) groups is 2. The first kappa shape index (κ1) is 14.0. The summed E-state index contributed by atoms with van der Waals surface area (Å²) in [5.74, 6) is 0. The number of hydrogen-bond donors (Lipinski definition) is 0. The van der Waals surface area contributed by atoms with Gasteiger partial charge in [-0.15, -0.1) is 0 Å². The number of carbonyl (C=O) groups excluding carboxylic acids is 2. The normalized spacial score (nSPS) is 9.56. The molecule has 0 atom stereocenters. The molecule has 0 unspecified atom stereocenters. The van der Waals surface area contributed by atoms with Crippen molar-refractivity contribution in [2.45, 2.75) is 40.7 Å². The molecule has 1 rings (SSSR count). The highest BCUT2D eigenvalue weighted by atomic mass is 16.1. The average Bonchev–Trinajstić information content (AvgIpc) is 2.37. The highest BCUT2D eigenvalue weighted by molar-refractivity contribution is 5.65. The Balaban J connectivity index is 3.69. The highest BCUT2D eigenvalue weighted by Crippen LogP contribution is 2.34. The minimum Gasteiger partial charge on any atom is -0.211 e. The van der Waals surface area contributed by atoms with E-state index in [-0.39, 0.29) is 6.54 Å². The number of nitrogens with zero attached hydrogens (tertiary/aromatic N) is 2. The average molecular weight is 244 g/mol. The molecule has 0 amide bonds. The molecule has 0 spiro atoms. The van der Waals surface area contributed by atoms with Crippen LogP contribution >= 0.6 is 0 Å². The van der Waals surface area contributed by atoms with Crippen molar-refractivity contribution in [2.24, 2.45) is 9.98 Å². The zero-order valence-electron chi connectivity index (χ0n) is 11.1. The lowest BCUT2D eigenvalue weighted by Crippen LogP contribution is -2.02. The van der Waals surface area contributed by atoms with Gasteiger partial charge in [0.25, 0.3) is 0 Å². The molecule has 0 aliphatic carbocycles. The van der Waals surface area contributed by atoms with E-state index in [4.69, 9.17) is 0 Å². The molecule has 0 heterocycles. The topological polar surface area (TPSA) is 58.9 Å². The maximum absolute atomic E-state index is 10.5. The molecule has 1 aromatic rings. The molecule has 0 aliphatic heterocycles. The van der Waals surface area contributed by atoms with Crippen molar-refractivity contribution in [3.05, 3.63) is 27.8 Å². The largest absolute Gasteiger partial charge is 0.240 e. The predicted molar refractivity (Wildman–Crippen MR) is 69.6 cm³/mol. The molecule has 0 bridgehead atoms. The summed E-state index contributed by atoms with van der Waals surface area (Å²) in [6, 6.07) is 0. The molecule has 4 heteroatoms. The fourth-order valence-corrected chi connectivity index (χ4v) is 2.24. The molecule has 4 nitrogen and oxygen atoms in total. The van der Waals surface area contributed by atoms with E-state index >= 15 is 0 Å². The summed E-state index contributed by atoms with van der Waals surface area (Å²) < 4.78 is 0. The van der Waals surface area contributed by atoms with Gasteiger partial charge in [-0.2, -0.15) is 4.99 Å². The van der Waals surface area contributed by atoms with Crippen molar-refractivity contribution in [1.29, 1.82) is 0 Å². The van der Waals surface area contributed by atoms with Gasteiger partial charge in [-0.1, -0.05) is 6.92 Å². The summed E-state index contributed by atoms with van der Waals surface area (Å²) in [6.07, 6.45) is 3.90. The first-order chi connectivity index (χ1) is 8.58. The van der Waals surface area contributed by atoms with Crippen LogP contribution < -0.4 is 0 Å². The van der Waals surface area contributed by atoms with Gasteiger partial charge in [0.15, 0.2) is 0 Å². The lowest BCUT2D eigenvalue weighted by molar-refractivity contribution is 0.562. The Hall–Kier alpha value is -2.02. The van der Waals surface area contributed by atoms with E-state index in [1.807, 2.05) is 27.7 Å². The van der Waals surface area contributed by atoms with Crippen molar-refractivity contribution in [3.8, 4) is 0 Å². The van der Waals surface area contributed by atoms with E-state index < -0.39 is 0 Å². The molecule has 0 aromatic heterocycles. The van der Waals surface area contributed by atoms with E-state index in [0.29, 0.717) is 5.69 Å². The van der Waals surface area contributed by atoms with Gasteiger partial charge in [0.05, 0.1) is 12.2 Å². The maximum atomic E-state index is 10.5. The van der Waals surface area contributed by atoms with Gasteiger partial charge >= 0.3 is 0 Å². The Kier molecular flexibility index (Phi) is 4.73. The minimum absolute atomic E-state index is 0.204. The molecule has 0 saturated carbocycles. The molecular weight excluding hydrogens is 228 g/mol. The molecular formula is C14H16N2O2. The summed E-state index contributed by atoms with van der Waals surface area (Å²) in [5.41, 5.74) is 5.71. The van der Waals surface area contributed by atoms with Crippen molar-refractivity contribution in [3.63, 3.8) is 0 Å². The van der Waals surface area contributed by atoms with Gasteiger partial charge in [-0.3, -0.25) is 0 Å². The van der Waals surface area contributed by atoms with E-state index in [9.17, 15) is 9.59 Å². The SMILES string of the molecule is CCc1c(C)c(C)c(C)c(N=C=O)c1CN=C=O. The standard InChI is InChI=1S/C14H16N2O2/c1-5-12-10(3)9(2)11(4)14(16-8-18)13(12)6-15-7-17/h5-6H2,1-4H3. The van der Waals surface area contributed by atoms with E-state index in [0.717, 1.165) is 34.2 Å². The second-order valence-electron chi connectivity index (χ2n) is 4.14. The lowest BCUT2D eigenvalue weighted by Gasteiger charge is -2.17. The fourth-order valence-electron chi connectivity index (χ4n) is 2.24. The smallest absolute Gasteiger partial charge is 0.211 e.